The van der Waals surface area contributed by atoms with Gasteiger partial charge in [-0.1, -0.05) is 6.92 Å². The minimum absolute atomic E-state index is 0.0425. The fourth-order valence-electron chi connectivity index (χ4n) is 3.71. The number of amides is 1. The Kier molecular flexibility index (Phi) is 6.67. The third kappa shape index (κ3) is 4.45. The van der Waals surface area contributed by atoms with Gasteiger partial charge >= 0.3 is 5.97 Å². The second kappa shape index (κ2) is 8.97. The molecule has 1 N–H and O–H groups in total. The topological polar surface area (TPSA) is 61.9 Å². The van der Waals surface area contributed by atoms with Crippen molar-refractivity contribution < 1.29 is 14.3 Å². The van der Waals surface area contributed by atoms with Gasteiger partial charge in [0.15, 0.2) is 0 Å². The van der Waals surface area contributed by atoms with Gasteiger partial charge in [0, 0.05) is 31.1 Å². The van der Waals surface area contributed by atoms with Crippen molar-refractivity contribution in [1.82, 2.24) is 9.80 Å². The Labute approximate surface area is 159 Å². The lowest BCUT2D eigenvalue weighted by molar-refractivity contribution is -0.117. The summed E-state index contributed by atoms with van der Waals surface area (Å²) >= 11 is 1.55. The van der Waals surface area contributed by atoms with Crippen molar-refractivity contribution in [2.24, 2.45) is 0 Å². The Morgan fingerprint density at radius 1 is 1.08 bits per heavy atom. The van der Waals surface area contributed by atoms with E-state index in [9.17, 15) is 9.59 Å². The number of thiophene rings is 1. The summed E-state index contributed by atoms with van der Waals surface area (Å²) in [7, 11) is 0. The lowest BCUT2D eigenvalue weighted by atomic mass is 9.95. The second-order valence-corrected chi connectivity index (χ2v) is 8.00. The summed E-state index contributed by atoms with van der Waals surface area (Å²) in [4.78, 5) is 30.8. The SMILES string of the molecule is CCOC(=O)c1c(NC(=O)CN2CCN(CC)CC2)sc2c1CCCC2. The Hall–Kier alpha value is -1.44. The van der Waals surface area contributed by atoms with Gasteiger partial charge in [-0.25, -0.2) is 4.79 Å². The van der Waals surface area contributed by atoms with Gasteiger partial charge in [0.25, 0.3) is 0 Å². The molecule has 0 aromatic carbocycles. The molecule has 2 aliphatic rings. The maximum Gasteiger partial charge on any atom is 0.341 e. The predicted octanol–water partition coefficient (Wildman–Crippen LogP) is 2.38. The number of carbonyl (C=O) groups is 2. The minimum atomic E-state index is -0.307. The summed E-state index contributed by atoms with van der Waals surface area (Å²) in [5.41, 5.74) is 1.68. The number of nitrogens with one attached hydrogen (secondary N) is 1. The van der Waals surface area contributed by atoms with Gasteiger partial charge in [0.2, 0.25) is 5.91 Å². The summed E-state index contributed by atoms with van der Waals surface area (Å²) in [6, 6.07) is 0. The summed E-state index contributed by atoms with van der Waals surface area (Å²) in [6.45, 7) is 9.59. The Balaban J connectivity index is 1.67. The van der Waals surface area contributed by atoms with Crippen LogP contribution in [0.1, 0.15) is 47.5 Å². The van der Waals surface area contributed by atoms with Gasteiger partial charge < -0.3 is 15.0 Å². The van der Waals surface area contributed by atoms with Crippen LogP contribution in [0.15, 0.2) is 0 Å². The van der Waals surface area contributed by atoms with E-state index in [1.54, 1.807) is 11.3 Å². The van der Waals surface area contributed by atoms with Crippen molar-refractivity contribution in [3.05, 3.63) is 16.0 Å². The van der Waals surface area contributed by atoms with Crippen LogP contribution < -0.4 is 5.32 Å². The van der Waals surface area contributed by atoms with Crippen molar-refractivity contribution in [1.29, 1.82) is 0 Å². The van der Waals surface area contributed by atoms with E-state index in [0.29, 0.717) is 23.7 Å². The van der Waals surface area contributed by atoms with E-state index < -0.39 is 0 Å². The molecule has 7 heteroatoms. The van der Waals surface area contributed by atoms with E-state index in [1.165, 1.54) is 4.88 Å². The van der Waals surface area contributed by atoms with Crippen LogP contribution in [0.2, 0.25) is 0 Å². The molecule has 1 aliphatic heterocycles. The molecule has 0 saturated carbocycles. The number of carbonyl (C=O) groups excluding carboxylic acids is 2. The number of aryl methyl sites for hydroxylation is 1. The number of esters is 1. The third-order valence-corrected chi connectivity index (χ3v) is 6.39. The first-order chi connectivity index (χ1) is 12.6. The number of hydrogen-bond donors (Lipinski definition) is 1. The van der Waals surface area contributed by atoms with Crippen molar-refractivity contribution in [3.8, 4) is 0 Å². The van der Waals surface area contributed by atoms with E-state index in [-0.39, 0.29) is 11.9 Å². The molecule has 6 nitrogen and oxygen atoms in total. The van der Waals surface area contributed by atoms with Crippen LogP contribution in [0.4, 0.5) is 5.00 Å². The van der Waals surface area contributed by atoms with E-state index in [2.05, 4.69) is 22.0 Å². The molecule has 3 rings (SSSR count). The largest absolute Gasteiger partial charge is 0.462 e. The van der Waals surface area contributed by atoms with Crippen molar-refractivity contribution >= 4 is 28.2 Å². The third-order valence-electron chi connectivity index (χ3n) is 5.18. The summed E-state index contributed by atoms with van der Waals surface area (Å²) < 4.78 is 5.25. The number of piperazine rings is 1. The fourth-order valence-corrected chi connectivity index (χ4v) is 5.00. The van der Waals surface area contributed by atoms with Gasteiger partial charge in [-0.3, -0.25) is 9.69 Å². The zero-order valence-electron chi connectivity index (χ0n) is 15.8. The molecule has 1 amide bonds. The fraction of sp³-hybridized carbons (Fsp3) is 0.684. The molecule has 0 radical (unpaired) electrons. The maximum absolute atomic E-state index is 12.6. The maximum atomic E-state index is 12.6. The number of likely N-dealkylation sites (N-methyl/N-ethyl adjacent to an activating group) is 1. The van der Waals surface area contributed by atoms with Crippen LogP contribution in [0, 0.1) is 0 Å². The number of hydrogen-bond acceptors (Lipinski definition) is 6. The lowest BCUT2D eigenvalue weighted by Gasteiger charge is -2.33. The molecule has 26 heavy (non-hydrogen) atoms. The standard InChI is InChI=1S/C19H29N3O3S/c1-3-21-9-11-22(12-10-21)13-16(23)20-18-17(19(24)25-4-2)14-7-5-6-8-15(14)26-18/h3-13H2,1-2H3,(H,20,23). The molecule has 0 spiro atoms. The quantitative estimate of drug-likeness (QED) is 0.769. The van der Waals surface area contributed by atoms with Gasteiger partial charge in [0.1, 0.15) is 5.00 Å². The van der Waals surface area contributed by atoms with Crippen LogP contribution in [-0.2, 0) is 22.4 Å². The number of nitrogens with zero attached hydrogens (tertiary/aromatic N) is 2. The molecule has 2 heterocycles. The van der Waals surface area contributed by atoms with Gasteiger partial charge in [0.05, 0.1) is 18.7 Å². The molecule has 0 atom stereocenters. The zero-order valence-corrected chi connectivity index (χ0v) is 16.6. The van der Waals surface area contributed by atoms with Crippen LogP contribution in [0.5, 0.6) is 0 Å². The molecular weight excluding hydrogens is 350 g/mol. The zero-order chi connectivity index (χ0) is 18.5. The summed E-state index contributed by atoms with van der Waals surface area (Å²) in [5.74, 6) is -0.349. The van der Waals surface area contributed by atoms with Gasteiger partial charge in [-0.2, -0.15) is 0 Å². The Morgan fingerprint density at radius 2 is 1.77 bits per heavy atom. The molecule has 1 aromatic rings. The van der Waals surface area contributed by atoms with Crippen LogP contribution >= 0.6 is 11.3 Å². The second-order valence-electron chi connectivity index (χ2n) is 6.89. The monoisotopic (exact) mass is 379 g/mol. The lowest BCUT2D eigenvalue weighted by Crippen LogP contribution is -2.48. The molecule has 1 saturated heterocycles. The van der Waals surface area contributed by atoms with Crippen molar-refractivity contribution in [2.45, 2.75) is 39.5 Å². The van der Waals surface area contributed by atoms with E-state index in [1.807, 2.05) is 6.92 Å². The Morgan fingerprint density at radius 3 is 2.46 bits per heavy atom. The highest BCUT2D eigenvalue weighted by Crippen LogP contribution is 2.38. The molecule has 144 valence electrons. The van der Waals surface area contributed by atoms with Crippen LogP contribution in [0.3, 0.4) is 0 Å². The first kappa shape index (κ1) is 19.3. The highest BCUT2D eigenvalue weighted by molar-refractivity contribution is 7.17. The normalized spacial score (nSPS) is 18.4. The molecule has 1 fully saturated rings. The number of anilines is 1. The van der Waals surface area contributed by atoms with Crippen molar-refractivity contribution in [2.75, 3.05) is 51.2 Å². The average molecular weight is 380 g/mol. The predicted molar refractivity (Wildman–Crippen MR) is 104 cm³/mol. The molecule has 0 bridgehead atoms. The van der Waals surface area contributed by atoms with E-state index in [0.717, 1.165) is 64.0 Å². The highest BCUT2D eigenvalue weighted by Gasteiger charge is 2.27. The minimum Gasteiger partial charge on any atom is -0.462 e. The number of rotatable bonds is 6. The van der Waals surface area contributed by atoms with Crippen molar-refractivity contribution in [3.63, 3.8) is 0 Å². The van der Waals surface area contributed by atoms with Crippen LogP contribution in [-0.4, -0.2) is 67.6 Å². The van der Waals surface area contributed by atoms with E-state index >= 15 is 0 Å². The average Bonchev–Trinajstić information content (AvgIpc) is 3.00. The summed E-state index contributed by atoms with van der Waals surface area (Å²) in [5, 5.41) is 3.68. The molecule has 0 unspecified atom stereocenters. The Bertz CT molecular complexity index is 651. The smallest absolute Gasteiger partial charge is 0.341 e. The molecule has 1 aliphatic carbocycles. The molecular formula is C19H29N3O3S. The van der Waals surface area contributed by atoms with Gasteiger partial charge in [-0.05, 0) is 44.7 Å². The summed E-state index contributed by atoms with van der Waals surface area (Å²) in [6.07, 6.45) is 4.12. The first-order valence-corrected chi connectivity index (χ1v) is 10.5. The number of ether oxygens (including phenoxy) is 1. The molecule has 1 aromatic heterocycles. The van der Waals surface area contributed by atoms with Gasteiger partial charge in [-0.15, -0.1) is 11.3 Å². The highest BCUT2D eigenvalue weighted by atomic mass is 32.1. The van der Waals surface area contributed by atoms with E-state index in [4.69, 9.17) is 4.74 Å². The number of fused-ring (bicyclic) bond motifs is 1. The van der Waals surface area contributed by atoms with Crippen LogP contribution in [0.25, 0.3) is 0 Å². The first-order valence-electron chi connectivity index (χ1n) is 9.68.